The van der Waals surface area contributed by atoms with Gasteiger partial charge >= 0.3 is 5.97 Å². The number of para-hydroxylation sites is 1. The van der Waals surface area contributed by atoms with Crippen LogP contribution >= 0.6 is 11.3 Å². The highest BCUT2D eigenvalue weighted by Crippen LogP contribution is 2.30. The molecule has 6 rings (SSSR count). The molecule has 0 amide bonds. The second-order valence-electron chi connectivity index (χ2n) is 9.56. The van der Waals surface area contributed by atoms with Crippen LogP contribution in [0.2, 0.25) is 0 Å². The van der Waals surface area contributed by atoms with Crippen molar-refractivity contribution in [2.24, 2.45) is 4.99 Å². The van der Waals surface area contributed by atoms with E-state index in [1.54, 1.807) is 11.5 Å². The summed E-state index contributed by atoms with van der Waals surface area (Å²) in [6.07, 6.45) is 3.80. The van der Waals surface area contributed by atoms with Crippen LogP contribution in [-0.2, 0) is 9.53 Å². The van der Waals surface area contributed by atoms with Gasteiger partial charge in [0.15, 0.2) is 4.80 Å². The van der Waals surface area contributed by atoms with Crippen LogP contribution < -0.4 is 14.9 Å². The zero-order valence-electron chi connectivity index (χ0n) is 22.2. The van der Waals surface area contributed by atoms with E-state index in [0.29, 0.717) is 20.6 Å². The van der Waals surface area contributed by atoms with Gasteiger partial charge < -0.3 is 4.74 Å². The molecule has 5 aromatic rings. The summed E-state index contributed by atoms with van der Waals surface area (Å²) >= 11 is 1.30. The number of aryl methyl sites for hydroxylation is 1. The Labute approximate surface area is 234 Å². The first-order chi connectivity index (χ1) is 19.4. The lowest BCUT2D eigenvalue weighted by atomic mass is 9.96. The number of thiazole rings is 1. The van der Waals surface area contributed by atoms with E-state index in [9.17, 15) is 9.59 Å². The maximum atomic E-state index is 14.0. The van der Waals surface area contributed by atoms with E-state index in [1.165, 1.54) is 18.4 Å². The predicted molar refractivity (Wildman–Crippen MR) is 156 cm³/mol. The Kier molecular flexibility index (Phi) is 6.61. The van der Waals surface area contributed by atoms with Gasteiger partial charge in [-0.3, -0.25) is 9.36 Å². The molecule has 198 valence electrons. The van der Waals surface area contributed by atoms with Gasteiger partial charge in [0, 0.05) is 17.3 Å². The molecule has 1 aliphatic heterocycles. The second kappa shape index (κ2) is 10.4. The average Bonchev–Trinajstić information content (AvgIpc) is 3.54. The summed E-state index contributed by atoms with van der Waals surface area (Å²) < 4.78 is 9.02. The average molecular weight is 547 g/mol. The topological polar surface area (TPSA) is 78.5 Å². The molecule has 40 heavy (non-hydrogen) atoms. The van der Waals surface area contributed by atoms with Gasteiger partial charge in [-0.1, -0.05) is 89.7 Å². The molecule has 1 atom stereocenters. The predicted octanol–water partition coefficient (Wildman–Crippen LogP) is 4.57. The summed E-state index contributed by atoms with van der Waals surface area (Å²) in [6, 6.07) is 26.9. The maximum absolute atomic E-state index is 14.0. The number of carbonyl (C=O) groups excluding carboxylic acids is 1. The highest BCUT2D eigenvalue weighted by Gasteiger charge is 2.33. The third-order valence-corrected chi connectivity index (χ3v) is 7.90. The number of benzene rings is 3. The van der Waals surface area contributed by atoms with E-state index in [-0.39, 0.29) is 5.56 Å². The van der Waals surface area contributed by atoms with Crippen molar-refractivity contribution in [2.75, 3.05) is 7.11 Å². The number of hydrogen-bond donors (Lipinski definition) is 0. The van der Waals surface area contributed by atoms with E-state index < -0.39 is 12.0 Å². The van der Waals surface area contributed by atoms with E-state index in [2.05, 4.69) is 4.99 Å². The molecule has 0 bridgehead atoms. The molecule has 0 saturated heterocycles. The third-order valence-electron chi connectivity index (χ3n) is 6.92. The second-order valence-corrected chi connectivity index (χ2v) is 10.6. The summed E-state index contributed by atoms with van der Waals surface area (Å²) in [7, 11) is 1.34. The molecule has 0 fully saturated rings. The van der Waals surface area contributed by atoms with E-state index in [1.807, 2.05) is 109 Å². The largest absolute Gasteiger partial charge is 0.466 e. The highest BCUT2D eigenvalue weighted by molar-refractivity contribution is 7.07. The van der Waals surface area contributed by atoms with Crippen molar-refractivity contribution in [1.29, 1.82) is 0 Å². The number of aromatic nitrogens is 3. The van der Waals surface area contributed by atoms with E-state index in [4.69, 9.17) is 9.84 Å². The quantitative estimate of drug-likeness (QED) is 0.303. The molecular weight excluding hydrogens is 520 g/mol. The van der Waals surface area contributed by atoms with E-state index >= 15 is 0 Å². The Balaban J connectivity index is 1.57. The fraction of sp³-hybridized carbons (Fsp3) is 0.125. The van der Waals surface area contributed by atoms with Gasteiger partial charge in [0.25, 0.3) is 5.56 Å². The van der Waals surface area contributed by atoms with Gasteiger partial charge in [-0.2, -0.15) is 5.10 Å². The standard InChI is InChI=1S/C32H26N4O3S/c1-20-14-16-22(17-15-20)28-24(19-35(34-28)25-12-8-5-9-13-25)18-26-30(37)36-29(23-10-6-4-7-11-23)27(31(38)39-3)21(2)33-32(36)40-26/h4-19,29H,1-3H3/b26-18-. The van der Waals surface area contributed by atoms with Gasteiger partial charge in [-0.05, 0) is 37.6 Å². The summed E-state index contributed by atoms with van der Waals surface area (Å²) in [5.41, 5.74) is 6.05. The van der Waals surface area contributed by atoms with Crippen LogP contribution in [-0.4, -0.2) is 27.4 Å². The summed E-state index contributed by atoms with van der Waals surface area (Å²) in [6.45, 7) is 3.82. The first kappa shape index (κ1) is 25.5. The zero-order chi connectivity index (χ0) is 27.8. The molecule has 2 aromatic heterocycles. The fourth-order valence-electron chi connectivity index (χ4n) is 4.93. The molecule has 0 aliphatic carbocycles. The molecule has 7 nitrogen and oxygen atoms in total. The number of hydrogen-bond acceptors (Lipinski definition) is 6. The molecule has 3 aromatic carbocycles. The fourth-order valence-corrected chi connectivity index (χ4v) is 5.96. The van der Waals surface area contributed by atoms with Crippen LogP contribution in [0.4, 0.5) is 0 Å². The molecule has 0 N–H and O–H groups in total. The molecule has 3 heterocycles. The lowest BCUT2D eigenvalue weighted by molar-refractivity contribution is -0.136. The Morgan fingerprint density at radius 1 is 0.950 bits per heavy atom. The SMILES string of the molecule is COC(=O)C1=C(C)N=c2s/c(=C\c3cn(-c4ccccc4)nc3-c3ccc(C)cc3)c(=O)n2C1c1ccccc1. The number of esters is 1. The van der Waals surface area contributed by atoms with E-state index in [0.717, 1.165) is 33.6 Å². The van der Waals surface area contributed by atoms with Crippen molar-refractivity contribution in [3.63, 3.8) is 0 Å². The first-order valence-corrected chi connectivity index (χ1v) is 13.6. The van der Waals surface area contributed by atoms with Crippen LogP contribution in [0.5, 0.6) is 0 Å². The molecule has 1 unspecified atom stereocenters. The monoisotopic (exact) mass is 546 g/mol. The molecule has 0 spiro atoms. The van der Waals surface area contributed by atoms with Crippen molar-refractivity contribution in [3.8, 4) is 16.9 Å². The van der Waals surface area contributed by atoms with Crippen LogP contribution in [0.25, 0.3) is 23.0 Å². The third kappa shape index (κ3) is 4.52. The minimum atomic E-state index is -0.643. The first-order valence-electron chi connectivity index (χ1n) is 12.8. The van der Waals surface area contributed by atoms with Crippen LogP contribution in [0.3, 0.4) is 0 Å². The Morgan fingerprint density at radius 2 is 1.62 bits per heavy atom. The summed E-state index contributed by atoms with van der Waals surface area (Å²) in [4.78, 5) is 32.1. The van der Waals surface area contributed by atoms with Crippen molar-refractivity contribution < 1.29 is 9.53 Å². The summed E-state index contributed by atoms with van der Waals surface area (Å²) in [5.74, 6) is -0.504. The van der Waals surface area contributed by atoms with Gasteiger partial charge in [0.2, 0.25) is 0 Å². The molecule has 0 saturated carbocycles. The van der Waals surface area contributed by atoms with Crippen molar-refractivity contribution in [1.82, 2.24) is 14.3 Å². The number of fused-ring (bicyclic) bond motifs is 1. The Hall–Kier alpha value is -4.82. The smallest absolute Gasteiger partial charge is 0.338 e. The Morgan fingerprint density at radius 3 is 2.30 bits per heavy atom. The van der Waals surface area contributed by atoms with Gasteiger partial charge in [-0.15, -0.1) is 0 Å². The number of carbonyl (C=O) groups is 1. The normalized spacial score (nSPS) is 15.1. The number of allylic oxidation sites excluding steroid dienone is 1. The molecule has 1 aliphatic rings. The lowest BCUT2D eigenvalue weighted by Gasteiger charge is -2.24. The maximum Gasteiger partial charge on any atom is 0.338 e. The minimum Gasteiger partial charge on any atom is -0.466 e. The number of rotatable bonds is 5. The molecule has 0 radical (unpaired) electrons. The van der Waals surface area contributed by atoms with Gasteiger partial charge in [-0.25, -0.2) is 14.5 Å². The molecule has 8 heteroatoms. The van der Waals surface area contributed by atoms with Gasteiger partial charge in [0.1, 0.15) is 0 Å². The minimum absolute atomic E-state index is 0.228. The van der Waals surface area contributed by atoms with Crippen LogP contribution in [0.1, 0.15) is 29.7 Å². The van der Waals surface area contributed by atoms with Crippen molar-refractivity contribution >= 4 is 23.4 Å². The zero-order valence-corrected chi connectivity index (χ0v) is 23.1. The highest BCUT2D eigenvalue weighted by atomic mass is 32.1. The Bertz CT molecular complexity index is 1930. The number of nitrogens with zero attached hydrogens (tertiary/aromatic N) is 4. The van der Waals surface area contributed by atoms with Crippen molar-refractivity contribution in [2.45, 2.75) is 19.9 Å². The molecular formula is C32H26N4O3S. The number of ether oxygens (including phenoxy) is 1. The van der Waals surface area contributed by atoms with Crippen LogP contribution in [0.15, 0.2) is 112 Å². The van der Waals surface area contributed by atoms with Gasteiger partial charge in [0.05, 0.1) is 40.3 Å². The summed E-state index contributed by atoms with van der Waals surface area (Å²) in [5, 5.41) is 4.90. The van der Waals surface area contributed by atoms with Crippen LogP contribution in [0, 0.1) is 6.92 Å². The number of methoxy groups -OCH3 is 1. The lowest BCUT2D eigenvalue weighted by Crippen LogP contribution is -2.39. The van der Waals surface area contributed by atoms with Crippen molar-refractivity contribution in [3.05, 3.63) is 139 Å².